The molecule has 13 heavy (non-hydrogen) atoms. The fourth-order valence-electron chi connectivity index (χ4n) is 1.19. The minimum absolute atomic E-state index is 0.0101. The molecule has 0 fully saturated rings. The van der Waals surface area contributed by atoms with Gasteiger partial charge in [-0.2, -0.15) is 0 Å². The molecule has 0 unspecified atom stereocenters. The Hall–Kier alpha value is -1.31. The molecule has 1 radical (unpaired) electrons. The van der Waals surface area contributed by atoms with Crippen molar-refractivity contribution in [1.82, 2.24) is 5.32 Å². The molecule has 0 atom stereocenters. The van der Waals surface area contributed by atoms with E-state index in [1.54, 1.807) is 0 Å². The zero-order valence-electron chi connectivity index (χ0n) is 7.62. The molecule has 1 N–H and O–H groups in total. The molecule has 0 aromatic heterocycles. The Morgan fingerprint density at radius 2 is 2.00 bits per heavy atom. The summed E-state index contributed by atoms with van der Waals surface area (Å²) < 4.78 is 0. The summed E-state index contributed by atoms with van der Waals surface area (Å²) >= 11 is 0. The van der Waals surface area contributed by atoms with Gasteiger partial charge in [0, 0.05) is 13.5 Å². The average Bonchev–Trinajstić information content (AvgIpc) is 2.19. The molecule has 1 rings (SSSR count). The van der Waals surface area contributed by atoms with E-state index in [0.29, 0.717) is 6.42 Å². The van der Waals surface area contributed by atoms with E-state index in [0.717, 1.165) is 12.8 Å². The van der Waals surface area contributed by atoms with Gasteiger partial charge in [-0.05, 0) is 18.4 Å². The normalized spacial score (nSPS) is 9.62. The van der Waals surface area contributed by atoms with Gasteiger partial charge in [0.2, 0.25) is 5.91 Å². The maximum Gasteiger partial charge on any atom is 0.220 e. The number of amides is 1. The van der Waals surface area contributed by atoms with Crippen LogP contribution in [0.25, 0.3) is 0 Å². The fourth-order valence-corrected chi connectivity index (χ4v) is 1.19. The molecule has 69 valence electrons. The number of carbonyl (C=O) groups excluding carboxylic acids is 1. The van der Waals surface area contributed by atoms with Crippen molar-refractivity contribution in [2.24, 2.45) is 0 Å². The number of nitrogens with one attached hydrogen (secondary N) is 1. The van der Waals surface area contributed by atoms with Gasteiger partial charge in [0.05, 0.1) is 0 Å². The van der Waals surface area contributed by atoms with Crippen molar-refractivity contribution >= 4 is 5.91 Å². The molecule has 2 nitrogen and oxygen atoms in total. The zero-order valence-corrected chi connectivity index (χ0v) is 7.62. The van der Waals surface area contributed by atoms with Gasteiger partial charge in [-0.3, -0.25) is 4.79 Å². The van der Waals surface area contributed by atoms with E-state index in [9.17, 15) is 4.79 Å². The largest absolute Gasteiger partial charge is 0.354 e. The van der Waals surface area contributed by atoms with E-state index in [1.807, 2.05) is 18.2 Å². The molecule has 0 aliphatic rings. The molecule has 2 heteroatoms. The molecule has 1 aromatic carbocycles. The second kappa shape index (κ2) is 5.36. The number of carbonyl (C=O) groups is 1. The number of aryl methyl sites for hydroxylation is 1. The molecule has 0 saturated carbocycles. The van der Waals surface area contributed by atoms with Crippen LogP contribution in [0.2, 0.25) is 0 Å². The van der Waals surface area contributed by atoms with Crippen LogP contribution in [-0.2, 0) is 11.2 Å². The first kappa shape index (κ1) is 9.78. The lowest BCUT2D eigenvalue weighted by Gasteiger charge is -2.00. The van der Waals surface area contributed by atoms with Gasteiger partial charge in [-0.25, -0.2) is 0 Å². The van der Waals surface area contributed by atoms with Crippen molar-refractivity contribution in [3.63, 3.8) is 0 Å². The first-order chi connectivity index (χ1) is 6.33. The smallest absolute Gasteiger partial charge is 0.220 e. The van der Waals surface area contributed by atoms with Crippen LogP contribution in [0.15, 0.2) is 30.3 Å². The summed E-state index contributed by atoms with van der Waals surface area (Å²) in [6, 6.07) is 10.2. The first-order valence-electron chi connectivity index (χ1n) is 4.43. The molecular weight excluding hydrogens is 162 g/mol. The molecular formula is C11H14NO. The third-order valence-corrected chi connectivity index (χ3v) is 1.91. The monoisotopic (exact) mass is 176 g/mol. The second-order valence-electron chi connectivity index (χ2n) is 2.94. The Morgan fingerprint density at radius 3 is 2.62 bits per heavy atom. The SMILES string of the molecule is [CH2]NC(=O)CCCc1ccccc1. The Kier molecular flexibility index (Phi) is 4.03. The summed E-state index contributed by atoms with van der Waals surface area (Å²) in [4.78, 5) is 10.8. The Bertz CT molecular complexity index is 256. The molecule has 0 saturated heterocycles. The number of hydrogen-bond donors (Lipinski definition) is 1. The van der Waals surface area contributed by atoms with Gasteiger partial charge in [-0.1, -0.05) is 30.3 Å². The third kappa shape index (κ3) is 3.74. The summed E-state index contributed by atoms with van der Waals surface area (Å²) in [7, 11) is 3.31. The molecule has 0 aliphatic carbocycles. The lowest BCUT2D eigenvalue weighted by Crippen LogP contribution is -2.14. The van der Waals surface area contributed by atoms with Gasteiger partial charge in [0.15, 0.2) is 0 Å². The minimum atomic E-state index is 0.0101. The van der Waals surface area contributed by atoms with Crippen molar-refractivity contribution in [3.05, 3.63) is 42.9 Å². The lowest BCUT2D eigenvalue weighted by atomic mass is 10.1. The van der Waals surface area contributed by atoms with Crippen molar-refractivity contribution < 1.29 is 4.79 Å². The highest BCUT2D eigenvalue weighted by molar-refractivity contribution is 5.75. The predicted octanol–water partition coefficient (Wildman–Crippen LogP) is 1.92. The zero-order chi connectivity index (χ0) is 9.52. The quantitative estimate of drug-likeness (QED) is 0.746. The predicted molar refractivity (Wildman–Crippen MR) is 52.9 cm³/mol. The van der Waals surface area contributed by atoms with Crippen molar-refractivity contribution in [3.8, 4) is 0 Å². The van der Waals surface area contributed by atoms with Crippen LogP contribution < -0.4 is 5.32 Å². The topological polar surface area (TPSA) is 29.1 Å². The molecule has 0 aliphatic heterocycles. The van der Waals surface area contributed by atoms with Crippen molar-refractivity contribution in [2.45, 2.75) is 19.3 Å². The van der Waals surface area contributed by atoms with Gasteiger partial charge in [-0.15, -0.1) is 0 Å². The Morgan fingerprint density at radius 1 is 1.31 bits per heavy atom. The van der Waals surface area contributed by atoms with Gasteiger partial charge in [0.25, 0.3) is 0 Å². The minimum Gasteiger partial charge on any atom is -0.354 e. The van der Waals surface area contributed by atoms with Crippen molar-refractivity contribution in [1.29, 1.82) is 0 Å². The van der Waals surface area contributed by atoms with E-state index in [2.05, 4.69) is 24.5 Å². The van der Waals surface area contributed by atoms with Crippen LogP contribution in [0.1, 0.15) is 18.4 Å². The summed E-state index contributed by atoms with van der Waals surface area (Å²) in [5.74, 6) is 0.0101. The van der Waals surface area contributed by atoms with Crippen LogP contribution in [-0.4, -0.2) is 5.91 Å². The standard InChI is InChI=1S/C11H14NO/c1-12-11(13)9-5-8-10-6-3-2-4-7-10/h2-4,6-7H,1,5,8-9H2,(H,12,13). The summed E-state index contributed by atoms with van der Waals surface area (Å²) in [5.41, 5.74) is 1.28. The number of rotatable bonds is 4. The van der Waals surface area contributed by atoms with Crippen LogP contribution in [0, 0.1) is 7.05 Å². The number of hydrogen-bond acceptors (Lipinski definition) is 1. The Labute approximate surface area is 79.0 Å². The highest BCUT2D eigenvalue weighted by atomic mass is 16.1. The van der Waals surface area contributed by atoms with Crippen LogP contribution in [0.5, 0.6) is 0 Å². The highest BCUT2D eigenvalue weighted by Gasteiger charge is 1.97. The van der Waals surface area contributed by atoms with E-state index in [1.165, 1.54) is 5.56 Å². The first-order valence-corrected chi connectivity index (χ1v) is 4.43. The molecule has 0 heterocycles. The van der Waals surface area contributed by atoms with E-state index >= 15 is 0 Å². The fraction of sp³-hybridized carbons (Fsp3) is 0.273. The molecule has 0 spiro atoms. The van der Waals surface area contributed by atoms with E-state index < -0.39 is 0 Å². The van der Waals surface area contributed by atoms with Gasteiger partial charge >= 0.3 is 0 Å². The second-order valence-corrected chi connectivity index (χ2v) is 2.94. The van der Waals surface area contributed by atoms with Gasteiger partial charge in [0.1, 0.15) is 0 Å². The van der Waals surface area contributed by atoms with Crippen LogP contribution >= 0.6 is 0 Å². The van der Waals surface area contributed by atoms with Crippen LogP contribution in [0.3, 0.4) is 0 Å². The Balaban J connectivity index is 2.24. The van der Waals surface area contributed by atoms with E-state index in [-0.39, 0.29) is 5.91 Å². The van der Waals surface area contributed by atoms with Crippen molar-refractivity contribution in [2.75, 3.05) is 0 Å². The lowest BCUT2D eigenvalue weighted by molar-refractivity contribution is -0.120. The van der Waals surface area contributed by atoms with Gasteiger partial charge < -0.3 is 5.32 Å². The maximum atomic E-state index is 10.8. The molecule has 0 bridgehead atoms. The summed E-state index contributed by atoms with van der Waals surface area (Å²) in [6.45, 7) is 0. The highest BCUT2D eigenvalue weighted by Crippen LogP contribution is 2.03. The molecule has 1 amide bonds. The van der Waals surface area contributed by atoms with E-state index in [4.69, 9.17) is 0 Å². The van der Waals surface area contributed by atoms with Crippen LogP contribution in [0.4, 0.5) is 0 Å². The maximum absolute atomic E-state index is 10.8. The third-order valence-electron chi connectivity index (χ3n) is 1.91. The molecule has 1 aromatic rings. The summed E-state index contributed by atoms with van der Waals surface area (Å²) in [6.07, 6.45) is 2.39. The summed E-state index contributed by atoms with van der Waals surface area (Å²) in [5, 5.41) is 2.36. The average molecular weight is 176 g/mol. The number of benzene rings is 1.